The molecule has 0 atom stereocenters. The van der Waals surface area contributed by atoms with E-state index in [-0.39, 0.29) is 11.5 Å². The number of para-hydroxylation sites is 1. The van der Waals surface area contributed by atoms with Gasteiger partial charge in [0.2, 0.25) is 5.95 Å². The zero-order chi connectivity index (χ0) is 19.5. The molecule has 0 radical (unpaired) electrons. The number of carbonyl (C=O) groups excluding carboxylic acids is 1. The van der Waals surface area contributed by atoms with E-state index in [1.54, 1.807) is 48.5 Å². The van der Waals surface area contributed by atoms with Crippen LogP contribution in [-0.2, 0) is 4.84 Å². The van der Waals surface area contributed by atoms with Crippen molar-refractivity contribution in [2.45, 2.75) is 0 Å². The summed E-state index contributed by atoms with van der Waals surface area (Å²) in [4.78, 5) is 35.1. The van der Waals surface area contributed by atoms with Gasteiger partial charge in [-0.15, -0.1) is 0 Å². The molecule has 1 heterocycles. The fraction of sp³-hybridized carbons (Fsp3) is 0. The number of hydrogen-bond acceptors (Lipinski definition) is 5. The maximum Gasteiger partial charge on any atom is 0.362 e. The van der Waals surface area contributed by atoms with Crippen LogP contribution in [0.4, 0.5) is 5.95 Å². The van der Waals surface area contributed by atoms with Crippen molar-refractivity contribution in [1.82, 2.24) is 9.55 Å². The average molecular weight is 483 g/mol. The van der Waals surface area contributed by atoms with Gasteiger partial charge in [0.05, 0.1) is 22.2 Å². The van der Waals surface area contributed by atoms with Crippen molar-refractivity contribution in [2.24, 2.45) is 0 Å². The highest BCUT2D eigenvalue weighted by molar-refractivity contribution is 14.1. The minimum atomic E-state index is -0.572. The number of fused-ring (bicyclic) bond motifs is 1. The monoisotopic (exact) mass is 483 g/mol. The molecular formula is C21H14IN3O3. The van der Waals surface area contributed by atoms with Gasteiger partial charge in [-0.1, -0.05) is 36.4 Å². The van der Waals surface area contributed by atoms with Crippen molar-refractivity contribution in [3.8, 4) is 5.69 Å². The fourth-order valence-electron chi connectivity index (χ4n) is 2.77. The molecule has 0 fully saturated rings. The summed E-state index contributed by atoms with van der Waals surface area (Å²) in [6, 6.07) is 23.1. The largest absolute Gasteiger partial charge is 0.362 e. The van der Waals surface area contributed by atoms with Crippen molar-refractivity contribution in [3.05, 3.63) is 98.4 Å². The molecule has 0 aliphatic heterocycles. The van der Waals surface area contributed by atoms with E-state index in [4.69, 9.17) is 4.84 Å². The first-order valence-corrected chi connectivity index (χ1v) is 9.51. The highest BCUT2D eigenvalue weighted by Crippen LogP contribution is 2.18. The Morgan fingerprint density at radius 2 is 1.64 bits per heavy atom. The standard InChI is InChI=1S/C21H14IN3O3/c22-15-11-12-18-17(13-15)19(26)25(16-9-5-2-6-10-16)21(23-18)24-28-20(27)14-7-3-1-4-8-14/h1-13H,(H,23,24). The summed E-state index contributed by atoms with van der Waals surface area (Å²) in [5.41, 5.74) is 3.81. The van der Waals surface area contributed by atoms with Crippen LogP contribution >= 0.6 is 22.6 Å². The van der Waals surface area contributed by atoms with Crippen LogP contribution in [0, 0.1) is 3.57 Å². The van der Waals surface area contributed by atoms with Crippen LogP contribution in [0.2, 0.25) is 0 Å². The molecule has 6 nitrogen and oxygen atoms in total. The molecule has 1 N–H and O–H groups in total. The molecule has 0 aliphatic carbocycles. The second kappa shape index (κ2) is 7.81. The van der Waals surface area contributed by atoms with Crippen LogP contribution in [0.5, 0.6) is 0 Å². The molecule has 0 aliphatic rings. The predicted octanol–water partition coefficient (Wildman–Crippen LogP) is 4.17. The van der Waals surface area contributed by atoms with Crippen molar-refractivity contribution in [2.75, 3.05) is 5.48 Å². The number of nitrogens with zero attached hydrogens (tertiary/aromatic N) is 2. The van der Waals surface area contributed by atoms with Gasteiger partial charge in [-0.2, -0.15) is 5.48 Å². The van der Waals surface area contributed by atoms with E-state index in [0.29, 0.717) is 22.2 Å². The zero-order valence-corrected chi connectivity index (χ0v) is 16.7. The Morgan fingerprint density at radius 1 is 0.964 bits per heavy atom. The molecule has 7 heteroatoms. The van der Waals surface area contributed by atoms with E-state index < -0.39 is 5.97 Å². The van der Waals surface area contributed by atoms with Crippen molar-refractivity contribution >= 4 is 45.4 Å². The SMILES string of the molecule is O=C(ONc1nc2ccc(I)cc2c(=O)n1-c1ccccc1)c1ccccc1. The first-order valence-electron chi connectivity index (χ1n) is 8.43. The Hall–Kier alpha value is -3.20. The lowest BCUT2D eigenvalue weighted by atomic mass is 10.2. The molecule has 1 aromatic heterocycles. The number of rotatable bonds is 4. The molecular weight excluding hydrogens is 469 g/mol. The second-order valence-electron chi connectivity index (χ2n) is 5.93. The Bertz CT molecular complexity index is 1210. The van der Waals surface area contributed by atoms with Crippen LogP contribution in [0.3, 0.4) is 0 Å². The van der Waals surface area contributed by atoms with Crippen molar-refractivity contribution in [3.63, 3.8) is 0 Å². The third-order valence-electron chi connectivity index (χ3n) is 4.09. The maximum atomic E-state index is 13.2. The summed E-state index contributed by atoms with van der Waals surface area (Å²) in [5, 5.41) is 0.482. The number of halogens is 1. The first kappa shape index (κ1) is 18.2. The summed E-state index contributed by atoms with van der Waals surface area (Å²) in [6.45, 7) is 0. The van der Waals surface area contributed by atoms with Crippen LogP contribution in [0.25, 0.3) is 16.6 Å². The van der Waals surface area contributed by atoms with Gasteiger partial charge in [0.15, 0.2) is 0 Å². The lowest BCUT2D eigenvalue weighted by Gasteiger charge is -2.14. The number of carbonyl (C=O) groups is 1. The Kier molecular flexibility index (Phi) is 5.07. The summed E-state index contributed by atoms with van der Waals surface area (Å²) in [6.07, 6.45) is 0. The summed E-state index contributed by atoms with van der Waals surface area (Å²) < 4.78 is 2.32. The molecule has 138 valence electrons. The van der Waals surface area contributed by atoms with E-state index in [1.165, 1.54) is 4.57 Å². The highest BCUT2D eigenvalue weighted by Gasteiger charge is 2.15. The fourth-order valence-corrected chi connectivity index (χ4v) is 3.26. The van der Waals surface area contributed by atoms with Gasteiger partial charge in [0, 0.05) is 3.57 Å². The smallest absolute Gasteiger partial charge is 0.335 e. The molecule has 3 aromatic carbocycles. The predicted molar refractivity (Wildman–Crippen MR) is 116 cm³/mol. The van der Waals surface area contributed by atoms with Gasteiger partial charge in [-0.25, -0.2) is 14.3 Å². The Balaban J connectivity index is 1.79. The third-order valence-corrected chi connectivity index (χ3v) is 4.76. The molecule has 0 amide bonds. The molecule has 0 saturated heterocycles. The van der Waals surface area contributed by atoms with E-state index in [0.717, 1.165) is 3.57 Å². The molecule has 0 spiro atoms. The molecule has 0 saturated carbocycles. The van der Waals surface area contributed by atoms with E-state index in [2.05, 4.69) is 33.1 Å². The first-order chi connectivity index (χ1) is 13.6. The van der Waals surface area contributed by atoms with Gasteiger partial charge in [-0.3, -0.25) is 4.79 Å². The Morgan fingerprint density at radius 3 is 2.36 bits per heavy atom. The molecule has 0 unspecified atom stereocenters. The van der Waals surface area contributed by atoms with Gasteiger partial charge in [0.1, 0.15) is 0 Å². The molecule has 28 heavy (non-hydrogen) atoms. The molecule has 4 rings (SSSR count). The molecule has 4 aromatic rings. The normalized spacial score (nSPS) is 10.6. The van der Waals surface area contributed by atoms with E-state index >= 15 is 0 Å². The number of anilines is 1. The lowest BCUT2D eigenvalue weighted by Crippen LogP contribution is -2.25. The second-order valence-corrected chi connectivity index (χ2v) is 7.18. The van der Waals surface area contributed by atoms with Crippen LogP contribution < -0.4 is 11.0 Å². The average Bonchev–Trinajstić information content (AvgIpc) is 2.74. The number of nitrogens with one attached hydrogen (secondary N) is 1. The zero-order valence-electron chi connectivity index (χ0n) is 14.5. The summed E-state index contributed by atoms with van der Waals surface area (Å²) in [5.74, 6) is -0.452. The van der Waals surface area contributed by atoms with Gasteiger partial charge >= 0.3 is 5.97 Å². The number of benzene rings is 3. The topological polar surface area (TPSA) is 73.2 Å². The number of aromatic nitrogens is 2. The number of hydrogen-bond donors (Lipinski definition) is 1. The van der Waals surface area contributed by atoms with Crippen LogP contribution in [0.1, 0.15) is 10.4 Å². The third kappa shape index (κ3) is 3.61. The van der Waals surface area contributed by atoms with Gasteiger partial charge in [-0.05, 0) is 65.1 Å². The van der Waals surface area contributed by atoms with Crippen molar-refractivity contribution < 1.29 is 9.63 Å². The van der Waals surface area contributed by atoms with E-state index in [9.17, 15) is 9.59 Å². The molecule has 0 bridgehead atoms. The maximum absolute atomic E-state index is 13.2. The van der Waals surface area contributed by atoms with E-state index in [1.807, 2.05) is 30.3 Å². The van der Waals surface area contributed by atoms with Gasteiger partial charge < -0.3 is 4.84 Å². The van der Waals surface area contributed by atoms with Crippen LogP contribution in [-0.4, -0.2) is 15.5 Å². The van der Waals surface area contributed by atoms with Crippen LogP contribution in [0.15, 0.2) is 83.7 Å². The van der Waals surface area contributed by atoms with Crippen molar-refractivity contribution in [1.29, 1.82) is 0 Å². The lowest BCUT2D eigenvalue weighted by molar-refractivity contribution is 0.0592. The Labute approximate surface area is 173 Å². The van der Waals surface area contributed by atoms with Gasteiger partial charge in [0.25, 0.3) is 5.56 Å². The minimum absolute atomic E-state index is 0.120. The quantitative estimate of drug-likeness (QED) is 0.349. The highest BCUT2D eigenvalue weighted by atomic mass is 127. The summed E-state index contributed by atoms with van der Waals surface area (Å²) >= 11 is 2.15. The summed E-state index contributed by atoms with van der Waals surface area (Å²) in [7, 11) is 0. The minimum Gasteiger partial charge on any atom is -0.335 e.